The van der Waals surface area contributed by atoms with E-state index in [1.807, 2.05) is 43.3 Å². The van der Waals surface area contributed by atoms with Crippen LogP contribution in [-0.2, 0) is 0 Å². The van der Waals surface area contributed by atoms with Crippen molar-refractivity contribution in [1.82, 2.24) is 15.3 Å². The number of ether oxygens (including phenoxy) is 1. The molecule has 0 bridgehead atoms. The number of nitrogens with one attached hydrogen (secondary N) is 1. The monoisotopic (exact) mass is 340 g/mol. The number of nitrogens with zero attached hydrogens (tertiary/aromatic N) is 3. The summed E-state index contributed by atoms with van der Waals surface area (Å²) >= 11 is 0. The molecule has 1 saturated heterocycles. The number of anilines is 1. The Morgan fingerprint density at radius 2 is 2.12 bits per heavy atom. The van der Waals surface area contributed by atoms with Gasteiger partial charge in [0.25, 0.3) is 5.91 Å². The maximum atomic E-state index is 12.3. The molecule has 1 N–H and O–H groups in total. The van der Waals surface area contributed by atoms with E-state index in [1.165, 1.54) is 6.33 Å². The third kappa shape index (κ3) is 4.47. The number of rotatable bonds is 6. The molecule has 2 aromatic rings. The largest absolute Gasteiger partial charge is 0.478 e. The zero-order valence-electron chi connectivity index (χ0n) is 14.5. The summed E-state index contributed by atoms with van der Waals surface area (Å²) in [7, 11) is 0. The van der Waals surface area contributed by atoms with Crippen LogP contribution in [0.5, 0.6) is 5.88 Å². The molecule has 1 aliphatic heterocycles. The fraction of sp³-hybridized carbons (Fsp3) is 0.421. The van der Waals surface area contributed by atoms with E-state index in [0.717, 1.165) is 31.6 Å². The van der Waals surface area contributed by atoms with Crippen molar-refractivity contribution in [2.45, 2.75) is 32.2 Å². The smallest absolute Gasteiger partial charge is 0.251 e. The van der Waals surface area contributed by atoms with Crippen molar-refractivity contribution in [2.24, 2.45) is 0 Å². The minimum absolute atomic E-state index is 0.0381. The van der Waals surface area contributed by atoms with Crippen LogP contribution < -0.4 is 15.0 Å². The summed E-state index contributed by atoms with van der Waals surface area (Å²) in [6.45, 7) is 4.04. The Kier molecular flexibility index (Phi) is 5.82. The first-order valence-electron chi connectivity index (χ1n) is 8.82. The summed E-state index contributed by atoms with van der Waals surface area (Å²) in [5.74, 6) is 1.41. The fourth-order valence-electron chi connectivity index (χ4n) is 3.13. The van der Waals surface area contributed by atoms with E-state index >= 15 is 0 Å². The van der Waals surface area contributed by atoms with Gasteiger partial charge in [-0.2, -0.15) is 0 Å². The average molecular weight is 340 g/mol. The van der Waals surface area contributed by atoms with Crippen molar-refractivity contribution in [3.63, 3.8) is 0 Å². The Hall–Kier alpha value is -2.63. The summed E-state index contributed by atoms with van der Waals surface area (Å²) in [6.07, 6.45) is 4.85. The summed E-state index contributed by atoms with van der Waals surface area (Å²) in [5, 5.41) is 3.05. The molecular formula is C19H24N4O2. The lowest BCUT2D eigenvalue weighted by Gasteiger charge is -2.36. The van der Waals surface area contributed by atoms with Crippen LogP contribution in [0.2, 0.25) is 0 Å². The first-order valence-corrected chi connectivity index (χ1v) is 8.82. The van der Waals surface area contributed by atoms with Crippen LogP contribution in [0.3, 0.4) is 0 Å². The van der Waals surface area contributed by atoms with Crippen LogP contribution >= 0.6 is 0 Å². The van der Waals surface area contributed by atoms with Gasteiger partial charge in [0, 0.05) is 30.8 Å². The first-order chi connectivity index (χ1) is 12.3. The highest BCUT2D eigenvalue weighted by molar-refractivity contribution is 5.94. The zero-order valence-corrected chi connectivity index (χ0v) is 14.5. The van der Waals surface area contributed by atoms with Crippen LogP contribution in [0.15, 0.2) is 42.7 Å². The molecule has 6 nitrogen and oxygen atoms in total. The standard InChI is InChI=1S/C19H24N4O2/c1-2-25-18-12-17(21-14-22-18)23-11-7-6-10-16(23)13-20-19(24)15-8-4-3-5-9-15/h3-5,8-9,12,14,16H,2,6-7,10-11,13H2,1H3,(H,20,24). The molecule has 0 spiro atoms. The summed E-state index contributed by atoms with van der Waals surface area (Å²) in [4.78, 5) is 23.1. The van der Waals surface area contributed by atoms with E-state index in [-0.39, 0.29) is 11.9 Å². The maximum absolute atomic E-state index is 12.3. The lowest BCUT2D eigenvalue weighted by atomic mass is 10.0. The van der Waals surface area contributed by atoms with Crippen molar-refractivity contribution in [3.8, 4) is 5.88 Å². The number of carbonyl (C=O) groups excluding carboxylic acids is 1. The second-order valence-electron chi connectivity index (χ2n) is 6.07. The van der Waals surface area contributed by atoms with Crippen molar-refractivity contribution in [3.05, 3.63) is 48.3 Å². The Bertz CT molecular complexity index is 693. The lowest BCUT2D eigenvalue weighted by Crippen LogP contribution is -2.47. The number of hydrogen-bond donors (Lipinski definition) is 1. The molecule has 0 saturated carbocycles. The van der Waals surface area contributed by atoms with Gasteiger partial charge in [0.15, 0.2) is 0 Å². The SMILES string of the molecule is CCOc1cc(N2CCCCC2CNC(=O)c2ccccc2)ncn1. The van der Waals surface area contributed by atoms with Crippen LogP contribution in [0.25, 0.3) is 0 Å². The van der Waals surface area contributed by atoms with Crippen LogP contribution in [0, 0.1) is 0 Å². The Morgan fingerprint density at radius 1 is 1.28 bits per heavy atom. The highest BCUT2D eigenvalue weighted by Crippen LogP contribution is 2.24. The third-order valence-electron chi connectivity index (χ3n) is 4.38. The molecule has 25 heavy (non-hydrogen) atoms. The average Bonchev–Trinajstić information content (AvgIpc) is 2.67. The molecule has 1 fully saturated rings. The summed E-state index contributed by atoms with van der Waals surface area (Å²) in [6, 6.07) is 11.4. The van der Waals surface area contributed by atoms with E-state index in [4.69, 9.17) is 4.74 Å². The molecular weight excluding hydrogens is 316 g/mol. The highest BCUT2D eigenvalue weighted by Gasteiger charge is 2.24. The van der Waals surface area contributed by atoms with E-state index in [1.54, 1.807) is 0 Å². The lowest BCUT2D eigenvalue weighted by molar-refractivity contribution is 0.0949. The van der Waals surface area contributed by atoms with Gasteiger partial charge in [0.1, 0.15) is 12.1 Å². The second kappa shape index (κ2) is 8.46. The maximum Gasteiger partial charge on any atom is 0.251 e. The van der Waals surface area contributed by atoms with Gasteiger partial charge in [-0.1, -0.05) is 18.2 Å². The van der Waals surface area contributed by atoms with Crippen LogP contribution in [0.1, 0.15) is 36.5 Å². The molecule has 1 atom stereocenters. The Balaban J connectivity index is 1.67. The minimum Gasteiger partial charge on any atom is -0.478 e. The minimum atomic E-state index is -0.0381. The Morgan fingerprint density at radius 3 is 2.92 bits per heavy atom. The molecule has 1 amide bonds. The van der Waals surface area contributed by atoms with Gasteiger partial charge >= 0.3 is 0 Å². The second-order valence-corrected chi connectivity index (χ2v) is 6.07. The van der Waals surface area contributed by atoms with Gasteiger partial charge in [-0.3, -0.25) is 4.79 Å². The predicted octanol–water partition coefficient (Wildman–Crippen LogP) is 2.66. The molecule has 1 aliphatic rings. The van der Waals surface area contributed by atoms with Crippen molar-refractivity contribution >= 4 is 11.7 Å². The molecule has 1 unspecified atom stereocenters. The van der Waals surface area contributed by atoms with E-state index in [2.05, 4.69) is 20.2 Å². The number of hydrogen-bond acceptors (Lipinski definition) is 5. The Labute approximate surface area is 148 Å². The van der Waals surface area contributed by atoms with Crippen LogP contribution in [0.4, 0.5) is 5.82 Å². The van der Waals surface area contributed by atoms with Crippen molar-refractivity contribution in [2.75, 3.05) is 24.6 Å². The molecule has 1 aromatic heterocycles. The van der Waals surface area contributed by atoms with Gasteiger partial charge in [-0.15, -0.1) is 0 Å². The number of piperidine rings is 1. The number of carbonyl (C=O) groups is 1. The molecule has 1 aromatic carbocycles. The molecule has 132 valence electrons. The summed E-state index contributed by atoms with van der Waals surface area (Å²) in [5.41, 5.74) is 0.686. The van der Waals surface area contributed by atoms with Gasteiger partial charge in [-0.25, -0.2) is 9.97 Å². The van der Waals surface area contributed by atoms with Crippen molar-refractivity contribution in [1.29, 1.82) is 0 Å². The molecule has 3 rings (SSSR count). The number of amides is 1. The molecule has 2 heterocycles. The number of benzene rings is 1. The van der Waals surface area contributed by atoms with Crippen molar-refractivity contribution < 1.29 is 9.53 Å². The van der Waals surface area contributed by atoms with Crippen LogP contribution in [-0.4, -0.2) is 41.6 Å². The highest BCUT2D eigenvalue weighted by atomic mass is 16.5. The van der Waals surface area contributed by atoms with Gasteiger partial charge in [0.05, 0.1) is 6.61 Å². The predicted molar refractivity (Wildman–Crippen MR) is 97.0 cm³/mol. The number of aromatic nitrogens is 2. The van der Waals surface area contributed by atoms with E-state index in [9.17, 15) is 4.79 Å². The normalized spacial score (nSPS) is 17.2. The molecule has 6 heteroatoms. The molecule has 0 aliphatic carbocycles. The van der Waals surface area contributed by atoms with Gasteiger partial charge < -0.3 is 15.0 Å². The summed E-state index contributed by atoms with van der Waals surface area (Å²) < 4.78 is 5.48. The van der Waals surface area contributed by atoms with E-state index in [0.29, 0.717) is 24.6 Å². The van der Waals surface area contributed by atoms with Gasteiger partial charge in [0.2, 0.25) is 5.88 Å². The zero-order chi connectivity index (χ0) is 17.5. The quantitative estimate of drug-likeness (QED) is 0.876. The van der Waals surface area contributed by atoms with E-state index < -0.39 is 0 Å². The molecule has 0 radical (unpaired) electrons. The third-order valence-corrected chi connectivity index (χ3v) is 4.38. The first kappa shape index (κ1) is 17.2. The van der Waals surface area contributed by atoms with Gasteiger partial charge in [-0.05, 0) is 38.3 Å². The topological polar surface area (TPSA) is 67.3 Å². The fourth-order valence-corrected chi connectivity index (χ4v) is 3.13.